The lowest BCUT2D eigenvalue weighted by molar-refractivity contribution is 0.150. The molecule has 0 fully saturated rings. The molecule has 1 heterocycles. The number of nitrogens with zero attached hydrogens (tertiary/aromatic N) is 1. The highest BCUT2D eigenvalue weighted by Crippen LogP contribution is 2.29. The van der Waals surface area contributed by atoms with Crippen molar-refractivity contribution < 1.29 is 8.78 Å². The summed E-state index contributed by atoms with van der Waals surface area (Å²) in [5, 5.41) is 0. The van der Waals surface area contributed by atoms with E-state index in [-0.39, 0.29) is 16.0 Å². The van der Waals surface area contributed by atoms with Crippen molar-refractivity contribution in [3.8, 4) is 0 Å². The zero-order chi connectivity index (χ0) is 9.30. The third-order valence-corrected chi connectivity index (χ3v) is 2.72. The molecule has 0 aliphatic rings. The van der Waals surface area contributed by atoms with Gasteiger partial charge in [0.25, 0.3) is 6.43 Å². The molecule has 0 aliphatic carbocycles. The monoisotopic (exact) mass is 348 g/mol. The van der Waals surface area contributed by atoms with Crippen LogP contribution in [0.3, 0.4) is 0 Å². The Hall–Kier alpha value is 0.0200. The number of halogens is 4. The topological polar surface area (TPSA) is 38.9 Å². The van der Waals surface area contributed by atoms with Gasteiger partial charge in [0.2, 0.25) is 0 Å². The molecule has 2 nitrogen and oxygen atoms in total. The number of alkyl halides is 2. The molecule has 0 spiro atoms. The van der Waals surface area contributed by atoms with E-state index >= 15 is 0 Å². The maximum atomic E-state index is 12.2. The summed E-state index contributed by atoms with van der Waals surface area (Å²) >= 11 is 4.77. The highest BCUT2D eigenvalue weighted by atomic mass is 127. The van der Waals surface area contributed by atoms with Crippen LogP contribution in [0.15, 0.2) is 10.7 Å². The van der Waals surface area contributed by atoms with Crippen LogP contribution in [0.5, 0.6) is 0 Å². The molecule has 0 saturated carbocycles. The van der Waals surface area contributed by atoms with Gasteiger partial charge in [-0.3, -0.25) is 0 Å². The quantitative estimate of drug-likeness (QED) is 0.626. The van der Waals surface area contributed by atoms with Crippen molar-refractivity contribution >= 4 is 44.3 Å². The molecule has 12 heavy (non-hydrogen) atoms. The van der Waals surface area contributed by atoms with Gasteiger partial charge in [-0.15, -0.1) is 0 Å². The lowest BCUT2D eigenvalue weighted by Crippen LogP contribution is -1.98. The SMILES string of the molecule is Nc1nc(Br)c(C(F)F)cc1I. The van der Waals surface area contributed by atoms with Crippen LogP contribution in [0.1, 0.15) is 12.0 Å². The van der Waals surface area contributed by atoms with Gasteiger partial charge >= 0.3 is 0 Å². The van der Waals surface area contributed by atoms with Crippen LogP contribution < -0.4 is 5.73 Å². The normalized spacial score (nSPS) is 10.8. The van der Waals surface area contributed by atoms with Gasteiger partial charge in [0.05, 0.1) is 9.13 Å². The number of rotatable bonds is 1. The summed E-state index contributed by atoms with van der Waals surface area (Å²) in [6.07, 6.45) is -2.53. The highest BCUT2D eigenvalue weighted by molar-refractivity contribution is 14.1. The fourth-order valence-electron chi connectivity index (χ4n) is 0.647. The number of hydrogen-bond acceptors (Lipinski definition) is 2. The van der Waals surface area contributed by atoms with Crippen LogP contribution in [-0.4, -0.2) is 4.98 Å². The van der Waals surface area contributed by atoms with Crippen molar-refractivity contribution in [3.05, 3.63) is 19.8 Å². The Kier molecular flexibility index (Phi) is 3.22. The van der Waals surface area contributed by atoms with E-state index in [1.165, 1.54) is 6.07 Å². The van der Waals surface area contributed by atoms with Crippen molar-refractivity contribution in [1.82, 2.24) is 4.98 Å². The maximum absolute atomic E-state index is 12.2. The smallest absolute Gasteiger partial charge is 0.266 e. The molecule has 1 aromatic heterocycles. The molecule has 2 N–H and O–H groups in total. The van der Waals surface area contributed by atoms with Crippen LogP contribution in [-0.2, 0) is 0 Å². The van der Waals surface area contributed by atoms with Crippen molar-refractivity contribution in [1.29, 1.82) is 0 Å². The molecular formula is C6H4BrF2IN2. The molecule has 0 amide bonds. The summed E-state index contributed by atoms with van der Waals surface area (Å²) in [6, 6.07) is 1.32. The minimum atomic E-state index is -2.53. The zero-order valence-corrected chi connectivity index (χ0v) is 9.43. The largest absolute Gasteiger partial charge is 0.383 e. The van der Waals surface area contributed by atoms with Crippen molar-refractivity contribution in [2.45, 2.75) is 6.43 Å². The first kappa shape index (κ1) is 10.1. The summed E-state index contributed by atoms with van der Waals surface area (Å²) in [7, 11) is 0. The van der Waals surface area contributed by atoms with Gasteiger partial charge in [-0.1, -0.05) is 0 Å². The Balaban J connectivity index is 3.23. The van der Waals surface area contributed by atoms with E-state index in [4.69, 9.17) is 5.73 Å². The van der Waals surface area contributed by atoms with E-state index < -0.39 is 6.43 Å². The summed E-state index contributed by atoms with van der Waals surface area (Å²) in [4.78, 5) is 3.70. The first-order valence-electron chi connectivity index (χ1n) is 2.92. The van der Waals surface area contributed by atoms with E-state index in [1.807, 2.05) is 22.6 Å². The summed E-state index contributed by atoms with van der Waals surface area (Å²) < 4.78 is 25.1. The van der Waals surface area contributed by atoms with E-state index in [9.17, 15) is 8.78 Å². The first-order chi connectivity index (χ1) is 5.52. The Morgan fingerprint density at radius 1 is 1.58 bits per heavy atom. The molecule has 1 aromatic rings. The lowest BCUT2D eigenvalue weighted by Gasteiger charge is -2.04. The minimum Gasteiger partial charge on any atom is -0.383 e. The number of anilines is 1. The van der Waals surface area contributed by atoms with Crippen LogP contribution in [0, 0.1) is 3.57 Å². The zero-order valence-electron chi connectivity index (χ0n) is 5.69. The van der Waals surface area contributed by atoms with E-state index in [0.29, 0.717) is 3.57 Å². The van der Waals surface area contributed by atoms with E-state index in [0.717, 1.165) is 0 Å². The summed E-state index contributed by atoms with van der Waals surface area (Å²) in [5.41, 5.74) is 5.27. The van der Waals surface area contributed by atoms with Crippen LogP contribution >= 0.6 is 38.5 Å². The Bertz CT molecular complexity index is 306. The third-order valence-electron chi connectivity index (χ3n) is 1.22. The summed E-state index contributed by atoms with van der Waals surface area (Å²) in [6.45, 7) is 0. The molecule has 6 heteroatoms. The van der Waals surface area contributed by atoms with Crippen LogP contribution in [0.2, 0.25) is 0 Å². The molecule has 0 unspecified atom stereocenters. The Morgan fingerprint density at radius 2 is 2.17 bits per heavy atom. The van der Waals surface area contributed by atoms with Gasteiger partial charge in [0.15, 0.2) is 0 Å². The second-order valence-electron chi connectivity index (χ2n) is 2.04. The Labute approximate surface area is 89.8 Å². The standard InChI is InChI=1S/C6H4BrF2IN2/c7-4-2(5(8)9)1-3(10)6(11)12-4/h1,5H,(H2,11,12). The predicted octanol–water partition coefficient (Wildman–Crippen LogP) is 2.97. The van der Waals surface area contributed by atoms with Gasteiger partial charge in [-0.05, 0) is 44.6 Å². The molecule has 0 bridgehead atoms. The van der Waals surface area contributed by atoms with Gasteiger partial charge < -0.3 is 5.73 Å². The second-order valence-corrected chi connectivity index (χ2v) is 3.95. The molecular weight excluding hydrogens is 345 g/mol. The molecule has 0 aromatic carbocycles. The van der Waals surface area contributed by atoms with Gasteiger partial charge in [0, 0.05) is 0 Å². The number of aromatic nitrogens is 1. The molecule has 66 valence electrons. The maximum Gasteiger partial charge on any atom is 0.266 e. The first-order valence-corrected chi connectivity index (χ1v) is 4.79. The van der Waals surface area contributed by atoms with Gasteiger partial charge in [-0.2, -0.15) is 0 Å². The fraction of sp³-hybridized carbons (Fsp3) is 0.167. The van der Waals surface area contributed by atoms with Crippen molar-refractivity contribution in [2.24, 2.45) is 0 Å². The number of nitrogen functional groups attached to an aromatic ring is 1. The van der Waals surface area contributed by atoms with Crippen LogP contribution in [0.25, 0.3) is 0 Å². The second kappa shape index (κ2) is 3.82. The Morgan fingerprint density at radius 3 is 2.67 bits per heavy atom. The average Bonchev–Trinajstić information content (AvgIpc) is 1.96. The fourth-order valence-corrected chi connectivity index (χ4v) is 1.58. The summed E-state index contributed by atoms with van der Waals surface area (Å²) in [5.74, 6) is 0.256. The average molecular weight is 349 g/mol. The molecule has 0 atom stereocenters. The number of nitrogens with two attached hydrogens (primary N) is 1. The molecule has 0 saturated heterocycles. The highest BCUT2D eigenvalue weighted by Gasteiger charge is 2.14. The van der Waals surface area contributed by atoms with Crippen molar-refractivity contribution in [2.75, 3.05) is 5.73 Å². The number of pyridine rings is 1. The van der Waals surface area contributed by atoms with Gasteiger partial charge in [0.1, 0.15) is 10.4 Å². The van der Waals surface area contributed by atoms with Crippen molar-refractivity contribution in [3.63, 3.8) is 0 Å². The van der Waals surface area contributed by atoms with E-state index in [1.54, 1.807) is 0 Å². The molecule has 0 aliphatic heterocycles. The molecule has 1 rings (SSSR count). The van der Waals surface area contributed by atoms with Crippen LogP contribution in [0.4, 0.5) is 14.6 Å². The predicted molar refractivity (Wildman–Crippen MR) is 54.0 cm³/mol. The third kappa shape index (κ3) is 2.03. The van der Waals surface area contributed by atoms with E-state index in [2.05, 4.69) is 20.9 Å². The minimum absolute atomic E-state index is 0.107. The lowest BCUT2D eigenvalue weighted by atomic mass is 10.3. The van der Waals surface area contributed by atoms with Gasteiger partial charge in [-0.25, -0.2) is 13.8 Å². The number of hydrogen-bond donors (Lipinski definition) is 1. The molecule has 0 radical (unpaired) electrons.